The number of carbonyl (C=O) groups excluding carboxylic acids is 1. The topological polar surface area (TPSA) is 50.8 Å². The first-order chi connectivity index (χ1) is 12.0. The molecule has 1 aromatic carbocycles. The number of ether oxygens (including phenoxy) is 2. The number of hydrogen-bond acceptors (Lipinski definition) is 4. The van der Waals surface area contributed by atoms with Crippen molar-refractivity contribution in [3.05, 3.63) is 24.3 Å². The van der Waals surface area contributed by atoms with Crippen molar-refractivity contribution in [2.24, 2.45) is 5.92 Å². The molecule has 5 nitrogen and oxygen atoms in total. The van der Waals surface area contributed by atoms with Gasteiger partial charge in [-0.15, -0.1) is 0 Å². The van der Waals surface area contributed by atoms with Gasteiger partial charge in [-0.1, -0.05) is 13.8 Å². The number of hydrogen-bond donors (Lipinski definition) is 1. The Balaban J connectivity index is 1.78. The highest BCUT2D eigenvalue weighted by molar-refractivity contribution is 5.97. The molecular formula is C20H32N2O3. The standard InChI is InChI=1S/C20H32N2O3/c1-5-20(3,24-4)19(23)21-17-8-10-18(11-9-17)25-14-13-22-12-6-7-16(2)15-22/h8-11,16H,5-7,12-15H2,1-4H3,(H,21,23)/t16-,20+/m0/s1. The summed E-state index contributed by atoms with van der Waals surface area (Å²) in [5.74, 6) is 1.48. The predicted octanol–water partition coefficient (Wildman–Crippen LogP) is 3.55. The number of likely N-dealkylation sites (tertiary alicyclic amines) is 1. The monoisotopic (exact) mass is 348 g/mol. The van der Waals surface area contributed by atoms with Gasteiger partial charge in [0.15, 0.2) is 0 Å². The van der Waals surface area contributed by atoms with Gasteiger partial charge in [0.2, 0.25) is 0 Å². The molecule has 1 aromatic rings. The van der Waals surface area contributed by atoms with E-state index in [9.17, 15) is 4.79 Å². The summed E-state index contributed by atoms with van der Waals surface area (Å²) in [5.41, 5.74) is -0.0558. The van der Waals surface area contributed by atoms with Crippen molar-refractivity contribution >= 4 is 11.6 Å². The molecule has 0 unspecified atom stereocenters. The molecule has 1 heterocycles. The molecule has 0 aliphatic carbocycles. The van der Waals surface area contributed by atoms with Gasteiger partial charge in [-0.25, -0.2) is 0 Å². The van der Waals surface area contributed by atoms with Gasteiger partial charge in [0.05, 0.1) is 0 Å². The van der Waals surface area contributed by atoms with Gasteiger partial charge in [-0.3, -0.25) is 9.69 Å². The lowest BCUT2D eigenvalue weighted by molar-refractivity contribution is -0.136. The maximum absolute atomic E-state index is 12.3. The largest absolute Gasteiger partial charge is 0.492 e. The van der Waals surface area contributed by atoms with Gasteiger partial charge in [0.25, 0.3) is 5.91 Å². The van der Waals surface area contributed by atoms with E-state index in [1.165, 1.54) is 25.9 Å². The van der Waals surface area contributed by atoms with Crippen molar-refractivity contribution in [1.82, 2.24) is 4.90 Å². The third-order valence-electron chi connectivity index (χ3n) is 5.14. The highest BCUT2D eigenvalue weighted by Crippen LogP contribution is 2.20. The number of methoxy groups -OCH3 is 1. The zero-order chi connectivity index (χ0) is 18.3. The minimum absolute atomic E-state index is 0.134. The lowest BCUT2D eigenvalue weighted by Gasteiger charge is -2.30. The average Bonchev–Trinajstić information content (AvgIpc) is 2.62. The van der Waals surface area contributed by atoms with Gasteiger partial charge in [0.1, 0.15) is 18.0 Å². The Bertz CT molecular complexity index is 540. The van der Waals surface area contributed by atoms with Gasteiger partial charge in [-0.2, -0.15) is 0 Å². The Kier molecular flexibility index (Phi) is 7.26. The fourth-order valence-electron chi connectivity index (χ4n) is 3.08. The van der Waals surface area contributed by atoms with Crippen LogP contribution in [0.25, 0.3) is 0 Å². The lowest BCUT2D eigenvalue weighted by Crippen LogP contribution is -2.41. The number of amides is 1. The quantitative estimate of drug-likeness (QED) is 0.780. The molecule has 0 aromatic heterocycles. The first kappa shape index (κ1) is 19.7. The Morgan fingerprint density at radius 2 is 2.08 bits per heavy atom. The predicted molar refractivity (Wildman–Crippen MR) is 101 cm³/mol. The van der Waals surface area contributed by atoms with Crippen LogP contribution in [0.5, 0.6) is 5.75 Å². The van der Waals surface area contributed by atoms with Crippen LogP contribution in [0.15, 0.2) is 24.3 Å². The van der Waals surface area contributed by atoms with Crippen LogP contribution in [0.2, 0.25) is 0 Å². The first-order valence-electron chi connectivity index (χ1n) is 9.28. The van der Waals surface area contributed by atoms with E-state index < -0.39 is 5.60 Å². The zero-order valence-electron chi connectivity index (χ0n) is 16.0. The van der Waals surface area contributed by atoms with Gasteiger partial charge in [0, 0.05) is 25.9 Å². The molecule has 1 fully saturated rings. The SMILES string of the molecule is CC[C@@](C)(OC)C(=O)Nc1ccc(OCCN2CCC[C@H](C)C2)cc1. The van der Waals surface area contributed by atoms with Crippen molar-refractivity contribution in [2.45, 2.75) is 45.6 Å². The Hall–Kier alpha value is -1.59. The number of anilines is 1. The molecule has 0 radical (unpaired) electrons. The fourth-order valence-corrected chi connectivity index (χ4v) is 3.08. The van der Waals surface area contributed by atoms with Crippen molar-refractivity contribution in [1.29, 1.82) is 0 Å². The normalized spacial score (nSPS) is 20.7. The van der Waals surface area contributed by atoms with Crippen LogP contribution < -0.4 is 10.1 Å². The van der Waals surface area contributed by atoms with Crippen LogP contribution >= 0.6 is 0 Å². The second kappa shape index (κ2) is 9.20. The molecule has 0 saturated carbocycles. The van der Waals surface area contributed by atoms with E-state index in [4.69, 9.17) is 9.47 Å². The zero-order valence-corrected chi connectivity index (χ0v) is 16.0. The second-order valence-electron chi connectivity index (χ2n) is 7.16. The van der Waals surface area contributed by atoms with Crippen molar-refractivity contribution < 1.29 is 14.3 Å². The maximum Gasteiger partial charge on any atom is 0.256 e. The van der Waals surface area contributed by atoms with E-state index in [0.29, 0.717) is 13.0 Å². The highest BCUT2D eigenvalue weighted by atomic mass is 16.5. The molecule has 1 aliphatic heterocycles. The average molecular weight is 348 g/mol. The molecule has 1 aliphatic rings. The molecular weight excluding hydrogens is 316 g/mol. The number of rotatable bonds is 8. The number of carbonyl (C=O) groups is 1. The van der Waals surface area contributed by atoms with E-state index in [1.54, 1.807) is 14.0 Å². The third-order valence-corrected chi connectivity index (χ3v) is 5.14. The summed E-state index contributed by atoms with van der Waals surface area (Å²) in [6.45, 7) is 10.0. The molecule has 2 atom stereocenters. The van der Waals surface area contributed by atoms with Crippen molar-refractivity contribution in [2.75, 3.05) is 38.7 Å². The smallest absolute Gasteiger partial charge is 0.256 e. The third kappa shape index (κ3) is 5.72. The Morgan fingerprint density at radius 1 is 1.36 bits per heavy atom. The molecule has 1 amide bonds. The second-order valence-corrected chi connectivity index (χ2v) is 7.16. The van der Waals surface area contributed by atoms with Crippen molar-refractivity contribution in [3.63, 3.8) is 0 Å². The van der Waals surface area contributed by atoms with Crippen LogP contribution in [0, 0.1) is 5.92 Å². The number of nitrogens with zero attached hydrogens (tertiary/aromatic N) is 1. The summed E-state index contributed by atoms with van der Waals surface area (Å²) >= 11 is 0. The van der Waals surface area contributed by atoms with E-state index in [2.05, 4.69) is 17.1 Å². The maximum atomic E-state index is 12.3. The molecule has 1 saturated heterocycles. The Labute approximate surface area is 151 Å². The molecule has 140 valence electrons. The van der Waals surface area contributed by atoms with Crippen LogP contribution in [0.1, 0.15) is 40.0 Å². The first-order valence-corrected chi connectivity index (χ1v) is 9.28. The summed E-state index contributed by atoms with van der Waals surface area (Å²) in [7, 11) is 1.56. The summed E-state index contributed by atoms with van der Waals surface area (Å²) < 4.78 is 11.2. The number of piperidine rings is 1. The fraction of sp³-hybridized carbons (Fsp3) is 0.650. The number of benzene rings is 1. The highest BCUT2D eigenvalue weighted by Gasteiger charge is 2.30. The summed E-state index contributed by atoms with van der Waals surface area (Å²) in [5, 5.41) is 2.90. The minimum Gasteiger partial charge on any atom is -0.492 e. The van der Waals surface area contributed by atoms with Crippen molar-refractivity contribution in [3.8, 4) is 5.75 Å². The summed E-state index contributed by atoms with van der Waals surface area (Å²) in [4.78, 5) is 14.8. The summed E-state index contributed by atoms with van der Waals surface area (Å²) in [6.07, 6.45) is 3.24. The van der Waals surface area contributed by atoms with E-state index in [1.807, 2.05) is 31.2 Å². The van der Waals surface area contributed by atoms with Crippen LogP contribution in [0.4, 0.5) is 5.69 Å². The molecule has 5 heteroatoms. The van der Waals surface area contributed by atoms with E-state index in [0.717, 1.165) is 23.9 Å². The Morgan fingerprint density at radius 3 is 2.68 bits per heavy atom. The molecule has 2 rings (SSSR count). The summed E-state index contributed by atoms with van der Waals surface area (Å²) in [6, 6.07) is 7.51. The minimum atomic E-state index is -0.805. The van der Waals surface area contributed by atoms with Crippen LogP contribution in [-0.4, -0.2) is 49.8 Å². The molecule has 25 heavy (non-hydrogen) atoms. The van der Waals surface area contributed by atoms with Gasteiger partial charge in [-0.05, 0) is 62.9 Å². The van der Waals surface area contributed by atoms with E-state index in [-0.39, 0.29) is 5.91 Å². The molecule has 0 spiro atoms. The van der Waals surface area contributed by atoms with Crippen LogP contribution in [-0.2, 0) is 9.53 Å². The van der Waals surface area contributed by atoms with E-state index >= 15 is 0 Å². The van der Waals surface area contributed by atoms with Gasteiger partial charge >= 0.3 is 0 Å². The lowest BCUT2D eigenvalue weighted by atomic mass is 10.0. The van der Waals surface area contributed by atoms with Gasteiger partial charge < -0.3 is 14.8 Å². The molecule has 1 N–H and O–H groups in total. The number of nitrogens with one attached hydrogen (secondary N) is 1. The van der Waals surface area contributed by atoms with Crippen LogP contribution in [0.3, 0.4) is 0 Å². The molecule has 0 bridgehead atoms.